The molecule has 1 unspecified atom stereocenters. The third-order valence-electron chi connectivity index (χ3n) is 24.7. The second-order valence-corrected chi connectivity index (χ2v) is 35.5. The minimum Gasteiger partial charge on any atom is -0.375 e. The highest BCUT2D eigenvalue weighted by Gasteiger charge is 2.52. The maximum absolute atomic E-state index is 12.7. The molecule has 0 aliphatic carbocycles. The number of nitrogens with one attached hydrogen (secondary N) is 6. The van der Waals surface area contributed by atoms with Gasteiger partial charge in [-0.25, -0.2) is 49.8 Å². The van der Waals surface area contributed by atoms with Gasteiger partial charge in [-0.2, -0.15) is 4.37 Å². The van der Waals surface area contributed by atoms with Crippen LogP contribution in [0.3, 0.4) is 0 Å². The van der Waals surface area contributed by atoms with Crippen LogP contribution in [0.15, 0.2) is 234 Å². The van der Waals surface area contributed by atoms with Crippen LogP contribution in [0.4, 0.5) is 34.8 Å². The van der Waals surface area contributed by atoms with Gasteiger partial charge in [-0.3, -0.25) is 19.2 Å². The third kappa shape index (κ3) is 19.4. The van der Waals surface area contributed by atoms with Crippen LogP contribution in [0.1, 0.15) is 143 Å². The van der Waals surface area contributed by atoms with Crippen molar-refractivity contribution in [3.8, 4) is 34.6 Å². The molecule has 0 saturated heterocycles. The Labute approximate surface area is 805 Å². The Hall–Kier alpha value is -16.0. The fraction of sp³-hybridized carbons (Fsp3) is 0.214. The van der Waals surface area contributed by atoms with Crippen LogP contribution < -0.4 is 54.2 Å². The lowest BCUT2D eigenvalue weighted by Crippen LogP contribution is -2.34. The summed E-state index contributed by atoms with van der Waals surface area (Å²) in [5.41, 5.74) is 42.4. The van der Waals surface area contributed by atoms with Crippen molar-refractivity contribution in [3.05, 3.63) is 348 Å². The predicted octanol–water partition coefficient (Wildman–Crippen LogP) is 14.7. The molecule has 6 aliphatic heterocycles. The van der Waals surface area contributed by atoms with Crippen LogP contribution in [0.25, 0.3) is 66.6 Å². The first-order chi connectivity index (χ1) is 68.1. The van der Waals surface area contributed by atoms with Crippen molar-refractivity contribution >= 4 is 114 Å². The zero-order chi connectivity index (χ0) is 94.9. The maximum atomic E-state index is 12.7. The van der Waals surface area contributed by atoms with Crippen LogP contribution >= 0.6 is 23.5 Å². The molecule has 23 rings (SSSR count). The Morgan fingerprint density at radius 2 is 0.777 bits per heavy atom. The molecule has 0 saturated carbocycles. The quantitative estimate of drug-likeness (QED) is 0.0251. The van der Waals surface area contributed by atoms with Crippen LogP contribution in [0.5, 0.6) is 0 Å². The van der Waals surface area contributed by atoms with Crippen molar-refractivity contribution in [2.75, 3.05) is 71.3 Å². The molecule has 9 aromatic carbocycles. The second-order valence-electron chi connectivity index (χ2n) is 33.7. The highest BCUT2D eigenvalue weighted by atomic mass is 32.2. The number of aromatic nitrogens is 13. The summed E-state index contributed by atoms with van der Waals surface area (Å²) in [6.07, 6.45) is 3.70. The van der Waals surface area contributed by atoms with E-state index in [2.05, 4.69) is 129 Å². The first-order valence-electron chi connectivity index (χ1n) is 45.4. The molecule has 6 aliphatic rings. The maximum Gasteiger partial charge on any atom is 0.252 e. The molecule has 17 aromatic rings. The number of primary amides is 4. The number of rotatable bonds is 24. The van der Waals surface area contributed by atoms with Crippen molar-refractivity contribution in [2.24, 2.45) is 22.9 Å². The van der Waals surface area contributed by atoms with Gasteiger partial charge in [0.05, 0.1) is 125 Å². The molecular weight excluding hydrogens is 1800 g/mol. The van der Waals surface area contributed by atoms with Gasteiger partial charge in [0.1, 0.15) is 40.3 Å². The van der Waals surface area contributed by atoms with Crippen LogP contribution in [-0.4, -0.2) is 133 Å². The summed E-state index contributed by atoms with van der Waals surface area (Å²) in [6.45, 7) is 8.88. The van der Waals surface area contributed by atoms with Crippen molar-refractivity contribution in [3.63, 3.8) is 0 Å². The number of carbonyl (C=O) groups is 4. The summed E-state index contributed by atoms with van der Waals surface area (Å²) in [5.74, 6) is 4.46. The summed E-state index contributed by atoms with van der Waals surface area (Å²) in [6, 6.07) is 72.2. The van der Waals surface area contributed by atoms with E-state index in [-0.39, 0.29) is 5.56 Å². The van der Waals surface area contributed by atoms with E-state index in [0.717, 1.165) is 162 Å². The Balaban J connectivity index is 0.000000117. The smallest absolute Gasteiger partial charge is 0.252 e. The van der Waals surface area contributed by atoms with Crippen LogP contribution in [0.2, 0.25) is 0 Å². The number of nitrogens with zero attached hydrogens (tertiary/aromatic N) is 14. The number of hydrogen-bond donors (Lipinski definition) is 10. The van der Waals surface area contributed by atoms with Gasteiger partial charge >= 0.3 is 0 Å². The molecule has 8 aromatic heterocycles. The molecule has 14 heterocycles. The van der Waals surface area contributed by atoms with Crippen molar-refractivity contribution in [1.82, 2.24) is 69.4 Å². The van der Waals surface area contributed by atoms with E-state index in [0.29, 0.717) is 183 Å². The molecule has 0 spiro atoms. The highest BCUT2D eigenvalue weighted by molar-refractivity contribution is 8.02. The second kappa shape index (κ2) is 40.9. The van der Waals surface area contributed by atoms with E-state index in [9.17, 15) is 19.2 Å². The zero-order valence-corrected chi connectivity index (χ0v) is 77.1. The van der Waals surface area contributed by atoms with Gasteiger partial charge < -0.3 is 87.1 Å². The number of ether oxygens (including phenoxy) is 4. The van der Waals surface area contributed by atoms with Gasteiger partial charge in [0, 0.05) is 117 Å². The van der Waals surface area contributed by atoms with Gasteiger partial charge in [0.25, 0.3) is 17.7 Å². The average Bonchev–Trinajstić information content (AvgIpc) is 1.38. The molecule has 139 heavy (non-hydrogen) atoms. The summed E-state index contributed by atoms with van der Waals surface area (Å²) >= 11 is 2.62. The molecule has 36 heteroatoms. The lowest BCUT2D eigenvalue weighted by molar-refractivity contribution is 0.0992. The van der Waals surface area contributed by atoms with Crippen molar-refractivity contribution in [1.29, 1.82) is 0 Å². The lowest BCUT2D eigenvalue weighted by Gasteiger charge is -2.31. The molecule has 698 valence electrons. The van der Waals surface area contributed by atoms with Gasteiger partial charge in [0.15, 0.2) is 39.3 Å². The average molecular weight is 1890 g/mol. The lowest BCUT2D eigenvalue weighted by atomic mass is 9.91. The Bertz CT molecular complexity index is 7010. The van der Waals surface area contributed by atoms with E-state index < -0.39 is 28.4 Å². The molecule has 0 fully saturated rings. The standard InChI is InChI=1S/C37H37N9O2S.2C22H19N5O3.C22H19N5O2S/c1-46-17-15-29-27(21-46)34(40-20-24-11-6-3-7-12-24)44-35(41-29)37(28-14-8-13-26(32(38)47)31(28)45-49-37)36-42-30-22-48-18-16-25(30)33(43-36)39-19-23-9-4-2-5-10-23;23-20(28)16-8-4-7-15-18(27-30-19(15)16)22-25-17-12-29-10-9-14(17)21(26-22)24-11-13-5-2-1-3-6-13;23-20(28)16-8-4-7-15-18(16)27-30-19(15)22-25-17-12-29-10-9-14(17)21(26-22)24-11-13-5-2-1-3-6-13;23-20(28)16-8-4-7-15-18(27-30-19(15)16)22-25-17-12-29-10-9-14(17)21(26-22)24-11-13-5-2-1-3-6-13/h2-14,45H,15-22H2,1H3,(H2,38,47)(H,39,42,43)(H,40,41,44);3*1-8H,9-12H2,(H2,23,28)(H,24,25,26). The topological polar surface area (TPSA) is 479 Å². The molecular formula is C103H94N24O10S2. The number of likely N-dealkylation sites (N-methyl/N-ethyl adjacent to an activating group) is 1. The monoisotopic (exact) mass is 1890 g/mol. The van der Waals surface area contributed by atoms with E-state index in [4.69, 9.17) is 90.8 Å². The number of amides is 4. The number of carbonyl (C=O) groups excluding carboxylic acids is 4. The minimum atomic E-state index is -1.11. The fourth-order valence-corrected chi connectivity index (χ4v) is 19.6. The van der Waals surface area contributed by atoms with Crippen LogP contribution in [-0.2, 0) is 121 Å². The Morgan fingerprint density at radius 3 is 1.26 bits per heavy atom. The molecule has 4 amide bonds. The SMILES string of the molecule is CN1CCc2nc(C3(c4nc5c(c(NCc6ccccc6)n4)CCOC5)SNc4c(C(N)=O)cccc43)nc(NCc3ccccc3)c2C1.NC(=O)c1cccc2c(-c3nc4c(c(NCc5ccccc5)n3)CCOC4)noc12.NC(=O)c1cccc2c(-c3nc4c(c(NCc5ccccc5)n3)CCOC4)nsc12.NC(=O)c1cccc2c(-c3nc4c(c(NCc5ccccc5)n3)CCOC4)onc12. The highest BCUT2D eigenvalue weighted by Crippen LogP contribution is 2.56. The van der Waals surface area contributed by atoms with Crippen molar-refractivity contribution < 1.29 is 47.2 Å². The number of anilines is 6. The number of para-hydroxylation sites is 2. The van der Waals surface area contributed by atoms with Gasteiger partial charge in [-0.15, -0.1) is 0 Å². The largest absolute Gasteiger partial charge is 0.375 e. The van der Waals surface area contributed by atoms with Crippen molar-refractivity contribution in [2.45, 2.75) is 103 Å². The molecule has 1 atom stereocenters. The number of nitrogens with two attached hydrogens (primary N) is 4. The van der Waals surface area contributed by atoms with E-state index in [1.165, 1.54) is 29.0 Å². The van der Waals surface area contributed by atoms with Gasteiger partial charge in [0.2, 0.25) is 17.5 Å². The van der Waals surface area contributed by atoms with E-state index in [1.54, 1.807) is 42.5 Å². The summed E-state index contributed by atoms with van der Waals surface area (Å²) < 4.78 is 41.3. The predicted molar refractivity (Wildman–Crippen MR) is 529 cm³/mol. The normalized spacial score (nSPS) is 14.9. The number of benzene rings is 9. The van der Waals surface area contributed by atoms with Gasteiger partial charge in [-0.05, 0) is 94.7 Å². The van der Waals surface area contributed by atoms with E-state index >= 15 is 0 Å². The van der Waals surface area contributed by atoms with Gasteiger partial charge in [-0.1, -0.05) is 198 Å². The summed E-state index contributed by atoms with van der Waals surface area (Å²) in [5, 5.41) is 27.8. The summed E-state index contributed by atoms with van der Waals surface area (Å²) in [7, 11) is 2.12. The minimum absolute atomic E-state index is 0.273. The Kier molecular flexibility index (Phi) is 26.7. The molecule has 0 bridgehead atoms. The number of hydrogen-bond acceptors (Lipinski definition) is 32. The molecule has 34 nitrogen and oxygen atoms in total. The zero-order valence-electron chi connectivity index (χ0n) is 75.5. The first-order valence-corrected chi connectivity index (χ1v) is 47.0. The first kappa shape index (κ1) is 90.8. The third-order valence-corrected chi connectivity index (χ3v) is 26.7. The number of fused-ring (bicyclic) bond motifs is 9. The Morgan fingerprint density at radius 1 is 0.381 bits per heavy atom. The molecule has 14 N–H and O–H groups in total. The van der Waals surface area contributed by atoms with E-state index in [1.807, 2.05) is 121 Å². The molecule has 0 radical (unpaired) electrons. The fourth-order valence-electron chi connectivity index (χ4n) is 17.6. The van der Waals surface area contributed by atoms with Crippen LogP contribution in [0, 0.1) is 0 Å². The summed E-state index contributed by atoms with van der Waals surface area (Å²) in [4.78, 5) is 99.7.